The van der Waals surface area contributed by atoms with E-state index in [1.165, 1.54) is 11.3 Å². The standard InChI is InChI=1S/C16H28N2O2S/c1-7-8-9-18(6)16-14(20-11(4)5)12(17)15(21-16)13(19)10(2)3/h10-11H,7-9,17H2,1-6H3. The SMILES string of the molecule is CCCCN(C)c1sc(C(=O)C(C)C)c(N)c1OC(C)C. The highest BCUT2D eigenvalue weighted by Crippen LogP contribution is 2.45. The Balaban J connectivity index is 3.20. The van der Waals surface area contributed by atoms with Gasteiger partial charge in [0.1, 0.15) is 5.00 Å². The van der Waals surface area contributed by atoms with Gasteiger partial charge in [-0.15, -0.1) is 11.3 Å². The summed E-state index contributed by atoms with van der Waals surface area (Å²) in [5.41, 5.74) is 6.69. The van der Waals surface area contributed by atoms with E-state index in [2.05, 4.69) is 11.8 Å². The van der Waals surface area contributed by atoms with E-state index in [1.807, 2.05) is 34.7 Å². The average molecular weight is 312 g/mol. The topological polar surface area (TPSA) is 55.6 Å². The molecule has 4 nitrogen and oxygen atoms in total. The number of hydrogen-bond acceptors (Lipinski definition) is 5. The number of carbonyl (C=O) groups excluding carboxylic acids is 1. The average Bonchev–Trinajstić information content (AvgIpc) is 2.72. The first-order valence-electron chi connectivity index (χ1n) is 7.63. The van der Waals surface area contributed by atoms with Crippen molar-refractivity contribution in [1.29, 1.82) is 0 Å². The van der Waals surface area contributed by atoms with Crippen LogP contribution in [0.2, 0.25) is 0 Å². The maximum Gasteiger partial charge on any atom is 0.177 e. The van der Waals surface area contributed by atoms with E-state index in [1.54, 1.807) is 0 Å². The van der Waals surface area contributed by atoms with E-state index in [0.29, 0.717) is 16.3 Å². The molecule has 1 aromatic heterocycles. The Hall–Kier alpha value is -1.23. The van der Waals surface area contributed by atoms with Crippen LogP contribution in [0.5, 0.6) is 5.75 Å². The minimum absolute atomic E-state index is 0.0298. The molecule has 0 aliphatic heterocycles. The fraction of sp³-hybridized carbons (Fsp3) is 0.688. The molecule has 2 N–H and O–H groups in total. The maximum absolute atomic E-state index is 12.3. The second-order valence-electron chi connectivity index (χ2n) is 5.94. The van der Waals surface area contributed by atoms with E-state index < -0.39 is 0 Å². The summed E-state index contributed by atoms with van der Waals surface area (Å²) in [5, 5.41) is 0.957. The van der Waals surface area contributed by atoms with Crippen LogP contribution in [0, 0.1) is 5.92 Å². The van der Waals surface area contributed by atoms with Crippen LogP contribution >= 0.6 is 11.3 Å². The maximum atomic E-state index is 12.3. The van der Waals surface area contributed by atoms with Crippen molar-refractivity contribution < 1.29 is 9.53 Å². The number of ether oxygens (including phenoxy) is 1. The van der Waals surface area contributed by atoms with Crippen molar-refractivity contribution in [2.24, 2.45) is 5.92 Å². The number of nitrogen functional groups attached to an aromatic ring is 1. The summed E-state index contributed by atoms with van der Waals surface area (Å²) in [4.78, 5) is 15.1. The van der Waals surface area contributed by atoms with Crippen LogP contribution in [0.25, 0.3) is 0 Å². The zero-order valence-corrected chi connectivity index (χ0v) is 14.8. The van der Waals surface area contributed by atoms with Gasteiger partial charge in [0.25, 0.3) is 0 Å². The minimum Gasteiger partial charge on any atom is -0.486 e. The van der Waals surface area contributed by atoms with Crippen LogP contribution in [0.4, 0.5) is 10.7 Å². The van der Waals surface area contributed by atoms with Crippen LogP contribution in [0.1, 0.15) is 57.1 Å². The number of thiophene rings is 1. The molecule has 0 unspecified atom stereocenters. The van der Waals surface area contributed by atoms with Gasteiger partial charge in [-0.1, -0.05) is 27.2 Å². The van der Waals surface area contributed by atoms with E-state index in [9.17, 15) is 4.79 Å². The second-order valence-corrected chi connectivity index (χ2v) is 6.94. The Bertz CT molecular complexity index is 481. The normalized spacial score (nSPS) is 11.2. The third-order valence-corrected chi connectivity index (χ3v) is 4.49. The molecule has 0 fully saturated rings. The van der Waals surface area contributed by atoms with E-state index >= 15 is 0 Å². The molecule has 0 spiro atoms. The molecule has 0 aliphatic carbocycles. The Morgan fingerprint density at radius 2 is 1.95 bits per heavy atom. The summed E-state index contributed by atoms with van der Waals surface area (Å²) in [6.45, 7) is 10.8. The summed E-state index contributed by atoms with van der Waals surface area (Å²) >= 11 is 1.45. The zero-order valence-electron chi connectivity index (χ0n) is 14.0. The number of hydrogen-bond donors (Lipinski definition) is 1. The minimum atomic E-state index is -0.0633. The Morgan fingerprint density at radius 3 is 2.43 bits per heavy atom. The van der Waals surface area contributed by atoms with E-state index in [4.69, 9.17) is 10.5 Å². The van der Waals surface area contributed by atoms with E-state index in [-0.39, 0.29) is 17.8 Å². The van der Waals surface area contributed by atoms with Gasteiger partial charge in [0.15, 0.2) is 11.5 Å². The lowest BCUT2D eigenvalue weighted by Gasteiger charge is -2.20. The van der Waals surface area contributed by atoms with Crippen LogP contribution < -0.4 is 15.4 Å². The molecule has 120 valence electrons. The number of carbonyl (C=O) groups is 1. The predicted molar refractivity (Wildman–Crippen MR) is 91.8 cm³/mol. The molecule has 0 saturated carbocycles. The van der Waals surface area contributed by atoms with Gasteiger partial charge < -0.3 is 15.4 Å². The number of Topliss-reactive ketones (excluding diaryl/α,β-unsaturated/α-hetero) is 1. The number of ketones is 1. The fourth-order valence-corrected chi connectivity index (χ4v) is 3.19. The monoisotopic (exact) mass is 312 g/mol. The van der Waals surface area contributed by atoms with Gasteiger partial charge in [0, 0.05) is 19.5 Å². The molecule has 0 aliphatic rings. The van der Waals surface area contributed by atoms with Gasteiger partial charge >= 0.3 is 0 Å². The third-order valence-electron chi connectivity index (χ3n) is 3.18. The van der Waals surface area contributed by atoms with Gasteiger partial charge in [-0.25, -0.2) is 0 Å². The number of nitrogens with two attached hydrogens (primary N) is 1. The summed E-state index contributed by atoms with van der Waals surface area (Å²) in [6.07, 6.45) is 2.26. The first-order valence-corrected chi connectivity index (χ1v) is 8.45. The highest BCUT2D eigenvalue weighted by Gasteiger charge is 2.26. The molecule has 0 aromatic carbocycles. The first-order chi connectivity index (χ1) is 9.79. The molecule has 0 saturated heterocycles. The molecule has 1 heterocycles. The van der Waals surface area contributed by atoms with Crippen molar-refractivity contribution >= 4 is 27.8 Å². The third kappa shape index (κ3) is 4.37. The molecule has 1 aromatic rings. The molecular formula is C16H28N2O2S. The van der Waals surface area contributed by atoms with Crippen molar-refractivity contribution in [1.82, 2.24) is 0 Å². The van der Waals surface area contributed by atoms with Crippen molar-refractivity contribution in [3.05, 3.63) is 4.88 Å². The van der Waals surface area contributed by atoms with Crippen molar-refractivity contribution in [2.45, 2.75) is 53.6 Å². The molecule has 0 bridgehead atoms. The van der Waals surface area contributed by atoms with Crippen LogP contribution in [-0.2, 0) is 0 Å². The van der Waals surface area contributed by atoms with Gasteiger partial charge in [-0.05, 0) is 20.3 Å². The lowest BCUT2D eigenvalue weighted by Crippen LogP contribution is -2.19. The fourth-order valence-electron chi connectivity index (χ4n) is 1.96. The zero-order chi connectivity index (χ0) is 16.2. The molecule has 21 heavy (non-hydrogen) atoms. The Kier molecular flexibility index (Phi) is 6.52. The Morgan fingerprint density at radius 1 is 1.33 bits per heavy atom. The number of nitrogens with zero attached hydrogens (tertiary/aromatic N) is 1. The highest BCUT2D eigenvalue weighted by atomic mass is 32.1. The van der Waals surface area contributed by atoms with Crippen molar-refractivity contribution in [3.8, 4) is 5.75 Å². The Labute approximate surface area is 132 Å². The largest absolute Gasteiger partial charge is 0.486 e. The number of anilines is 2. The van der Waals surface area contributed by atoms with Crippen LogP contribution in [0.3, 0.4) is 0 Å². The van der Waals surface area contributed by atoms with Gasteiger partial charge in [-0.2, -0.15) is 0 Å². The molecule has 0 amide bonds. The summed E-state index contributed by atoms with van der Waals surface area (Å²) < 4.78 is 5.88. The van der Waals surface area contributed by atoms with Crippen molar-refractivity contribution in [3.63, 3.8) is 0 Å². The van der Waals surface area contributed by atoms with Crippen molar-refractivity contribution in [2.75, 3.05) is 24.2 Å². The lowest BCUT2D eigenvalue weighted by atomic mass is 10.1. The van der Waals surface area contributed by atoms with Gasteiger partial charge in [0.05, 0.1) is 16.7 Å². The van der Waals surface area contributed by atoms with Gasteiger partial charge in [0.2, 0.25) is 0 Å². The predicted octanol–water partition coefficient (Wildman–Crippen LogP) is 4.19. The van der Waals surface area contributed by atoms with Gasteiger partial charge in [-0.3, -0.25) is 4.79 Å². The summed E-state index contributed by atoms with van der Waals surface area (Å²) in [6, 6.07) is 0. The second kappa shape index (κ2) is 7.69. The lowest BCUT2D eigenvalue weighted by molar-refractivity contribution is 0.0944. The van der Waals surface area contributed by atoms with Crippen LogP contribution in [-0.4, -0.2) is 25.5 Å². The molecular weight excluding hydrogens is 284 g/mol. The first kappa shape index (κ1) is 17.8. The van der Waals surface area contributed by atoms with Crippen LogP contribution in [0.15, 0.2) is 0 Å². The molecule has 0 atom stereocenters. The number of rotatable bonds is 8. The number of unbranched alkanes of at least 4 members (excludes halogenated alkanes) is 1. The smallest absolute Gasteiger partial charge is 0.177 e. The van der Waals surface area contributed by atoms with E-state index in [0.717, 1.165) is 24.4 Å². The molecule has 0 radical (unpaired) electrons. The molecule has 1 rings (SSSR count). The quantitative estimate of drug-likeness (QED) is 0.731. The highest BCUT2D eigenvalue weighted by molar-refractivity contribution is 7.19. The summed E-state index contributed by atoms with van der Waals surface area (Å²) in [7, 11) is 2.03. The molecule has 5 heteroatoms. The summed E-state index contributed by atoms with van der Waals surface area (Å²) in [5.74, 6) is 0.686.